The lowest BCUT2D eigenvalue weighted by atomic mass is 10.2. The van der Waals surface area contributed by atoms with Crippen molar-refractivity contribution < 1.29 is 14.7 Å². The van der Waals surface area contributed by atoms with Crippen molar-refractivity contribution in [2.24, 2.45) is 0 Å². The van der Waals surface area contributed by atoms with Gasteiger partial charge in [-0.3, -0.25) is 9.59 Å². The molecule has 0 saturated heterocycles. The molecular weight excluding hydrogens is 238 g/mol. The van der Waals surface area contributed by atoms with Gasteiger partial charge in [-0.2, -0.15) is 0 Å². The number of nitrogens with zero attached hydrogens (tertiary/aromatic N) is 1. The van der Waals surface area contributed by atoms with Gasteiger partial charge in [0.2, 0.25) is 5.91 Å². The van der Waals surface area contributed by atoms with E-state index in [1.807, 2.05) is 18.2 Å². The number of benzene rings is 1. The van der Waals surface area contributed by atoms with E-state index in [1.54, 1.807) is 11.8 Å². The number of rotatable bonds is 3. The molecule has 1 N–H and O–H groups in total. The summed E-state index contributed by atoms with van der Waals surface area (Å²) in [5.41, 5.74) is 2.08. The van der Waals surface area contributed by atoms with E-state index in [4.69, 9.17) is 5.11 Å². The van der Waals surface area contributed by atoms with Gasteiger partial charge in [0.15, 0.2) is 0 Å². The Labute approximate surface area is 104 Å². The molecule has 0 bridgehead atoms. The number of thioether (sulfide) groups is 1. The van der Waals surface area contributed by atoms with Crippen LogP contribution < -0.4 is 4.90 Å². The minimum atomic E-state index is -0.819. The van der Waals surface area contributed by atoms with Crippen molar-refractivity contribution in [2.45, 2.75) is 18.2 Å². The van der Waals surface area contributed by atoms with Crippen molar-refractivity contribution in [1.82, 2.24) is 0 Å². The molecule has 1 aromatic carbocycles. The average Bonchev–Trinajstić information content (AvgIpc) is 2.69. The fourth-order valence-corrected chi connectivity index (χ4v) is 2.62. The van der Waals surface area contributed by atoms with Crippen LogP contribution in [0.4, 0.5) is 5.69 Å². The Morgan fingerprint density at radius 3 is 2.88 bits per heavy atom. The zero-order valence-corrected chi connectivity index (χ0v) is 10.3. The molecule has 0 saturated carbocycles. The highest BCUT2D eigenvalue weighted by Crippen LogP contribution is 2.31. The highest BCUT2D eigenvalue weighted by Gasteiger charge is 2.22. The lowest BCUT2D eigenvalue weighted by Crippen LogP contribution is -2.25. The first kappa shape index (κ1) is 12.0. The van der Waals surface area contributed by atoms with Crippen LogP contribution >= 0.6 is 11.8 Å². The molecule has 1 amide bonds. The average molecular weight is 251 g/mol. The van der Waals surface area contributed by atoms with Gasteiger partial charge in [-0.1, -0.05) is 0 Å². The summed E-state index contributed by atoms with van der Waals surface area (Å²) in [6.07, 6.45) is 0.844. The number of carbonyl (C=O) groups is 2. The maximum atomic E-state index is 11.4. The number of fused-ring (bicyclic) bond motifs is 1. The molecule has 90 valence electrons. The van der Waals surface area contributed by atoms with Gasteiger partial charge in [-0.15, -0.1) is 11.8 Å². The summed E-state index contributed by atoms with van der Waals surface area (Å²) in [7, 11) is 0. The van der Waals surface area contributed by atoms with Crippen molar-refractivity contribution in [3.63, 3.8) is 0 Å². The van der Waals surface area contributed by atoms with Crippen LogP contribution in [0.2, 0.25) is 0 Å². The Morgan fingerprint density at radius 1 is 1.47 bits per heavy atom. The molecule has 1 aromatic rings. The van der Waals surface area contributed by atoms with Crippen LogP contribution in [0.5, 0.6) is 0 Å². The lowest BCUT2D eigenvalue weighted by molar-refractivity contribution is -0.133. The fraction of sp³-hybridized carbons (Fsp3) is 0.333. The smallest absolute Gasteiger partial charge is 0.313 e. The molecule has 2 rings (SSSR count). The van der Waals surface area contributed by atoms with Crippen LogP contribution in [0, 0.1) is 0 Å². The summed E-state index contributed by atoms with van der Waals surface area (Å²) >= 11 is 1.30. The number of carboxylic acid groups (broad SMARTS) is 1. The molecule has 1 aliphatic rings. The third kappa shape index (κ3) is 2.61. The number of carbonyl (C=O) groups excluding carboxylic acids is 1. The molecular formula is C12H13NO3S. The largest absolute Gasteiger partial charge is 0.481 e. The van der Waals surface area contributed by atoms with E-state index >= 15 is 0 Å². The first-order valence-corrected chi connectivity index (χ1v) is 6.32. The van der Waals surface area contributed by atoms with Crippen LogP contribution in [0.1, 0.15) is 12.5 Å². The number of carboxylic acids is 1. The lowest BCUT2D eigenvalue weighted by Gasteiger charge is -2.14. The van der Waals surface area contributed by atoms with Gasteiger partial charge in [-0.05, 0) is 30.2 Å². The van der Waals surface area contributed by atoms with Crippen LogP contribution in [0.3, 0.4) is 0 Å². The Hall–Kier alpha value is -1.49. The third-order valence-electron chi connectivity index (χ3n) is 2.69. The van der Waals surface area contributed by atoms with Gasteiger partial charge in [0.25, 0.3) is 0 Å². The van der Waals surface area contributed by atoms with E-state index < -0.39 is 5.97 Å². The second-order valence-electron chi connectivity index (χ2n) is 3.89. The fourth-order valence-electron chi connectivity index (χ4n) is 1.94. The molecule has 0 radical (unpaired) electrons. The zero-order chi connectivity index (χ0) is 12.4. The summed E-state index contributed by atoms with van der Waals surface area (Å²) < 4.78 is 0. The molecule has 1 aliphatic heterocycles. The Morgan fingerprint density at radius 2 is 2.24 bits per heavy atom. The molecule has 4 nitrogen and oxygen atoms in total. The van der Waals surface area contributed by atoms with Gasteiger partial charge in [0, 0.05) is 24.1 Å². The Balaban J connectivity index is 2.16. The van der Waals surface area contributed by atoms with Crippen molar-refractivity contribution in [3.8, 4) is 0 Å². The van der Waals surface area contributed by atoms with Crippen LogP contribution in [-0.2, 0) is 16.0 Å². The molecule has 5 heteroatoms. The molecule has 0 fully saturated rings. The highest BCUT2D eigenvalue weighted by atomic mass is 32.2. The van der Waals surface area contributed by atoms with Crippen LogP contribution in [0.25, 0.3) is 0 Å². The first-order chi connectivity index (χ1) is 8.08. The molecule has 0 aliphatic carbocycles. The zero-order valence-electron chi connectivity index (χ0n) is 9.47. The van der Waals surface area contributed by atoms with Gasteiger partial charge in [0.1, 0.15) is 0 Å². The maximum Gasteiger partial charge on any atom is 0.313 e. The van der Waals surface area contributed by atoms with Gasteiger partial charge < -0.3 is 10.0 Å². The monoisotopic (exact) mass is 251 g/mol. The van der Waals surface area contributed by atoms with E-state index in [0.717, 1.165) is 29.1 Å². The van der Waals surface area contributed by atoms with E-state index in [9.17, 15) is 9.59 Å². The molecule has 0 spiro atoms. The van der Waals surface area contributed by atoms with Crippen LogP contribution in [0.15, 0.2) is 23.1 Å². The minimum absolute atomic E-state index is 0.0506. The standard InChI is InChI=1S/C12H13NO3S/c1-8(14)13-5-4-9-6-10(2-3-11(9)13)17-7-12(15)16/h2-3,6H,4-5,7H2,1H3,(H,15,16). The van der Waals surface area contributed by atoms with Gasteiger partial charge >= 0.3 is 5.97 Å². The molecule has 0 atom stereocenters. The van der Waals surface area contributed by atoms with E-state index in [1.165, 1.54) is 11.8 Å². The van der Waals surface area contributed by atoms with Crippen molar-refractivity contribution in [3.05, 3.63) is 23.8 Å². The number of anilines is 1. The second kappa shape index (κ2) is 4.79. The molecule has 0 unspecified atom stereocenters. The summed E-state index contributed by atoms with van der Waals surface area (Å²) in [4.78, 5) is 24.5. The maximum absolute atomic E-state index is 11.4. The normalized spacial score (nSPS) is 13.6. The summed E-state index contributed by atoms with van der Waals surface area (Å²) in [5, 5.41) is 8.61. The van der Waals surface area contributed by atoms with E-state index in [0.29, 0.717) is 0 Å². The number of amides is 1. The quantitative estimate of drug-likeness (QED) is 0.832. The summed E-state index contributed by atoms with van der Waals surface area (Å²) in [6, 6.07) is 5.74. The molecule has 0 aromatic heterocycles. The predicted octanol–water partition coefficient (Wildman–Crippen LogP) is 1.77. The van der Waals surface area contributed by atoms with Crippen LogP contribution in [-0.4, -0.2) is 29.3 Å². The molecule has 1 heterocycles. The van der Waals surface area contributed by atoms with E-state index in [2.05, 4.69) is 0 Å². The van der Waals surface area contributed by atoms with Gasteiger partial charge in [0.05, 0.1) is 5.75 Å². The first-order valence-electron chi connectivity index (χ1n) is 5.33. The number of aliphatic carboxylic acids is 1. The van der Waals surface area contributed by atoms with Crippen molar-refractivity contribution in [1.29, 1.82) is 0 Å². The Bertz CT molecular complexity index is 473. The number of hydrogen-bond acceptors (Lipinski definition) is 3. The highest BCUT2D eigenvalue weighted by molar-refractivity contribution is 8.00. The molecule has 17 heavy (non-hydrogen) atoms. The topological polar surface area (TPSA) is 57.6 Å². The van der Waals surface area contributed by atoms with Gasteiger partial charge in [-0.25, -0.2) is 0 Å². The third-order valence-corrected chi connectivity index (χ3v) is 3.67. The van der Waals surface area contributed by atoms with Crippen molar-refractivity contribution in [2.75, 3.05) is 17.2 Å². The summed E-state index contributed by atoms with van der Waals surface area (Å²) in [5.74, 6) is -0.703. The number of hydrogen-bond donors (Lipinski definition) is 1. The second-order valence-corrected chi connectivity index (χ2v) is 4.94. The van der Waals surface area contributed by atoms with Crippen molar-refractivity contribution >= 4 is 29.3 Å². The van der Waals surface area contributed by atoms with E-state index in [-0.39, 0.29) is 11.7 Å². The minimum Gasteiger partial charge on any atom is -0.481 e. The SMILES string of the molecule is CC(=O)N1CCc2cc(SCC(=O)O)ccc21. The Kier molecular flexibility index (Phi) is 3.38. The predicted molar refractivity (Wildman–Crippen MR) is 66.5 cm³/mol. The summed E-state index contributed by atoms with van der Waals surface area (Å²) in [6.45, 7) is 2.28.